The van der Waals surface area contributed by atoms with E-state index in [-0.39, 0.29) is 19.1 Å². The van der Waals surface area contributed by atoms with E-state index in [1.165, 1.54) is 0 Å². The van der Waals surface area contributed by atoms with Gasteiger partial charge >= 0.3 is 5.97 Å². The van der Waals surface area contributed by atoms with E-state index >= 15 is 0 Å². The van der Waals surface area contributed by atoms with Crippen molar-refractivity contribution in [1.29, 1.82) is 0 Å². The van der Waals surface area contributed by atoms with Gasteiger partial charge in [-0.25, -0.2) is 0 Å². The summed E-state index contributed by atoms with van der Waals surface area (Å²) in [4.78, 5) is 23.7. The van der Waals surface area contributed by atoms with Crippen LogP contribution in [0.4, 0.5) is 0 Å². The van der Waals surface area contributed by atoms with Crippen molar-refractivity contribution in [3.63, 3.8) is 0 Å². The average molecular weight is 297 g/mol. The standard InChI is InChI=1S/C18H19NO3/c1-13-8-14(2)10-16(9-13)18(21)19-11-17(20)22-12-15-6-4-3-5-7-15/h3-10H,11-12H2,1-2H3,(H,19,21). The monoisotopic (exact) mass is 297 g/mol. The second-order valence-corrected chi connectivity index (χ2v) is 5.21. The number of esters is 1. The van der Waals surface area contributed by atoms with Crippen LogP contribution in [0.2, 0.25) is 0 Å². The summed E-state index contributed by atoms with van der Waals surface area (Å²) < 4.78 is 5.11. The zero-order valence-corrected chi connectivity index (χ0v) is 12.8. The predicted molar refractivity (Wildman–Crippen MR) is 84.5 cm³/mol. The van der Waals surface area contributed by atoms with E-state index in [4.69, 9.17) is 4.74 Å². The molecular weight excluding hydrogens is 278 g/mol. The van der Waals surface area contributed by atoms with Crippen molar-refractivity contribution in [2.75, 3.05) is 6.54 Å². The highest BCUT2D eigenvalue weighted by Crippen LogP contribution is 2.08. The molecule has 0 aromatic heterocycles. The van der Waals surface area contributed by atoms with Gasteiger partial charge < -0.3 is 10.1 Å². The summed E-state index contributed by atoms with van der Waals surface area (Å²) in [5.41, 5.74) is 3.48. The number of benzene rings is 2. The Morgan fingerprint density at radius 1 is 1.00 bits per heavy atom. The highest BCUT2D eigenvalue weighted by atomic mass is 16.5. The maximum atomic E-state index is 12.0. The van der Waals surface area contributed by atoms with E-state index < -0.39 is 5.97 Å². The molecule has 0 radical (unpaired) electrons. The Labute approximate surface area is 130 Å². The molecule has 4 nitrogen and oxygen atoms in total. The summed E-state index contributed by atoms with van der Waals surface area (Å²) in [5.74, 6) is -0.731. The normalized spacial score (nSPS) is 10.1. The molecule has 0 bridgehead atoms. The molecule has 0 saturated heterocycles. The van der Waals surface area contributed by atoms with Crippen molar-refractivity contribution in [3.05, 3.63) is 70.8 Å². The second-order valence-electron chi connectivity index (χ2n) is 5.21. The quantitative estimate of drug-likeness (QED) is 0.863. The summed E-state index contributed by atoms with van der Waals surface area (Å²) in [6.45, 7) is 3.92. The Kier molecular flexibility index (Phi) is 5.31. The third-order valence-electron chi connectivity index (χ3n) is 3.12. The number of hydrogen-bond acceptors (Lipinski definition) is 3. The first kappa shape index (κ1) is 15.8. The average Bonchev–Trinajstić information content (AvgIpc) is 2.50. The number of carbonyl (C=O) groups is 2. The summed E-state index contributed by atoms with van der Waals surface area (Å²) in [7, 11) is 0. The van der Waals surface area contributed by atoms with Gasteiger partial charge in [-0.2, -0.15) is 0 Å². The van der Waals surface area contributed by atoms with E-state index in [1.807, 2.05) is 50.2 Å². The van der Waals surface area contributed by atoms with Crippen LogP contribution in [0.15, 0.2) is 48.5 Å². The molecule has 0 saturated carbocycles. The van der Waals surface area contributed by atoms with Gasteiger partial charge in [0.2, 0.25) is 0 Å². The lowest BCUT2D eigenvalue weighted by molar-refractivity contribution is -0.143. The summed E-state index contributed by atoms with van der Waals surface area (Å²) in [5, 5.41) is 2.58. The van der Waals surface area contributed by atoms with E-state index in [0.717, 1.165) is 16.7 Å². The minimum Gasteiger partial charge on any atom is -0.460 e. The van der Waals surface area contributed by atoms with Crippen LogP contribution in [0, 0.1) is 13.8 Å². The molecule has 2 aromatic rings. The lowest BCUT2D eigenvalue weighted by atomic mass is 10.1. The molecule has 0 aliphatic rings. The zero-order chi connectivity index (χ0) is 15.9. The SMILES string of the molecule is Cc1cc(C)cc(C(=O)NCC(=O)OCc2ccccc2)c1. The Hall–Kier alpha value is -2.62. The van der Waals surface area contributed by atoms with Gasteiger partial charge in [-0.05, 0) is 31.5 Å². The third kappa shape index (κ3) is 4.74. The number of hydrogen-bond donors (Lipinski definition) is 1. The van der Waals surface area contributed by atoms with Crippen LogP contribution < -0.4 is 5.32 Å². The van der Waals surface area contributed by atoms with Crippen molar-refractivity contribution < 1.29 is 14.3 Å². The van der Waals surface area contributed by atoms with Crippen molar-refractivity contribution in [1.82, 2.24) is 5.32 Å². The third-order valence-corrected chi connectivity index (χ3v) is 3.12. The van der Waals surface area contributed by atoms with Gasteiger partial charge in [0.1, 0.15) is 13.2 Å². The lowest BCUT2D eigenvalue weighted by Gasteiger charge is -2.08. The molecule has 0 aliphatic heterocycles. The largest absolute Gasteiger partial charge is 0.460 e. The molecule has 0 fully saturated rings. The van der Waals surface area contributed by atoms with Gasteiger partial charge in [-0.1, -0.05) is 47.5 Å². The fourth-order valence-electron chi connectivity index (χ4n) is 2.15. The number of rotatable bonds is 5. The molecule has 0 unspecified atom stereocenters. The first-order valence-corrected chi connectivity index (χ1v) is 7.10. The van der Waals surface area contributed by atoms with E-state index in [1.54, 1.807) is 12.1 Å². The van der Waals surface area contributed by atoms with Crippen LogP contribution in [-0.2, 0) is 16.1 Å². The van der Waals surface area contributed by atoms with Crippen molar-refractivity contribution in [2.45, 2.75) is 20.5 Å². The Balaban J connectivity index is 1.81. The molecule has 0 heterocycles. The number of amides is 1. The Morgan fingerprint density at radius 3 is 2.27 bits per heavy atom. The highest BCUT2D eigenvalue weighted by molar-refractivity contribution is 5.96. The molecule has 1 N–H and O–H groups in total. The molecule has 2 rings (SSSR count). The van der Waals surface area contributed by atoms with Crippen LogP contribution in [0.5, 0.6) is 0 Å². The van der Waals surface area contributed by atoms with Crippen LogP contribution in [0.3, 0.4) is 0 Å². The molecule has 4 heteroatoms. The maximum absolute atomic E-state index is 12.0. The summed E-state index contributed by atoms with van der Waals surface area (Å²) >= 11 is 0. The molecule has 114 valence electrons. The molecule has 1 amide bonds. The smallest absolute Gasteiger partial charge is 0.325 e. The molecule has 2 aromatic carbocycles. The van der Waals surface area contributed by atoms with Crippen LogP contribution in [0.1, 0.15) is 27.0 Å². The van der Waals surface area contributed by atoms with E-state index in [0.29, 0.717) is 5.56 Å². The predicted octanol–water partition coefficient (Wildman–Crippen LogP) is 2.78. The van der Waals surface area contributed by atoms with Gasteiger partial charge in [0, 0.05) is 5.56 Å². The second kappa shape index (κ2) is 7.41. The Bertz CT molecular complexity index is 645. The fraction of sp³-hybridized carbons (Fsp3) is 0.222. The van der Waals surface area contributed by atoms with Gasteiger partial charge in [0.15, 0.2) is 0 Å². The van der Waals surface area contributed by atoms with Crippen LogP contribution >= 0.6 is 0 Å². The molecule has 22 heavy (non-hydrogen) atoms. The summed E-state index contributed by atoms with van der Waals surface area (Å²) in [6.07, 6.45) is 0. The number of aryl methyl sites for hydroxylation is 2. The number of ether oxygens (including phenoxy) is 1. The number of nitrogens with one attached hydrogen (secondary N) is 1. The maximum Gasteiger partial charge on any atom is 0.325 e. The van der Waals surface area contributed by atoms with Crippen LogP contribution in [-0.4, -0.2) is 18.4 Å². The molecular formula is C18H19NO3. The van der Waals surface area contributed by atoms with Gasteiger partial charge in [-0.3, -0.25) is 9.59 Å². The first-order chi connectivity index (χ1) is 10.5. The van der Waals surface area contributed by atoms with Crippen molar-refractivity contribution >= 4 is 11.9 Å². The zero-order valence-electron chi connectivity index (χ0n) is 12.8. The highest BCUT2D eigenvalue weighted by Gasteiger charge is 2.09. The van der Waals surface area contributed by atoms with Crippen molar-refractivity contribution in [3.8, 4) is 0 Å². The fourth-order valence-corrected chi connectivity index (χ4v) is 2.15. The van der Waals surface area contributed by atoms with Gasteiger partial charge in [-0.15, -0.1) is 0 Å². The Morgan fingerprint density at radius 2 is 1.64 bits per heavy atom. The number of carbonyl (C=O) groups excluding carboxylic acids is 2. The van der Waals surface area contributed by atoms with Gasteiger partial charge in [0.25, 0.3) is 5.91 Å². The van der Waals surface area contributed by atoms with E-state index in [2.05, 4.69) is 5.32 Å². The summed E-state index contributed by atoms with van der Waals surface area (Å²) in [6, 6.07) is 15.0. The van der Waals surface area contributed by atoms with E-state index in [9.17, 15) is 9.59 Å². The topological polar surface area (TPSA) is 55.4 Å². The van der Waals surface area contributed by atoms with Crippen molar-refractivity contribution in [2.24, 2.45) is 0 Å². The molecule has 0 aliphatic carbocycles. The van der Waals surface area contributed by atoms with Gasteiger partial charge in [0.05, 0.1) is 0 Å². The lowest BCUT2D eigenvalue weighted by Crippen LogP contribution is -2.30. The first-order valence-electron chi connectivity index (χ1n) is 7.10. The minimum atomic E-state index is -0.457. The minimum absolute atomic E-state index is 0.140. The van der Waals surface area contributed by atoms with Crippen LogP contribution in [0.25, 0.3) is 0 Å². The molecule has 0 atom stereocenters. The molecule has 0 spiro atoms.